The molecule has 2 aromatic carbocycles. The number of hydrogen-bond donors (Lipinski definition) is 0. The predicted molar refractivity (Wildman–Crippen MR) is 120 cm³/mol. The van der Waals surface area contributed by atoms with Crippen LogP contribution >= 0.6 is 0 Å². The van der Waals surface area contributed by atoms with E-state index < -0.39 is 17.8 Å². The Labute approximate surface area is 189 Å². The lowest BCUT2D eigenvalue weighted by atomic mass is 9.74. The van der Waals surface area contributed by atoms with Crippen molar-refractivity contribution in [2.45, 2.75) is 76.7 Å². The van der Waals surface area contributed by atoms with Crippen LogP contribution < -0.4 is 4.74 Å². The summed E-state index contributed by atoms with van der Waals surface area (Å²) in [4.78, 5) is 0. The quantitative estimate of drug-likeness (QED) is 0.452. The third kappa shape index (κ3) is 4.98. The molecule has 0 bridgehead atoms. The van der Waals surface area contributed by atoms with Gasteiger partial charge in [-0.25, -0.2) is 13.2 Å². The first-order chi connectivity index (χ1) is 15.5. The molecule has 2 aromatic rings. The number of hydrogen-bond acceptors (Lipinski definition) is 2. The molecule has 1 aliphatic carbocycles. The highest BCUT2D eigenvalue weighted by Gasteiger charge is 2.34. The topological polar surface area (TPSA) is 18.5 Å². The molecule has 0 N–H and O–H groups in total. The van der Waals surface area contributed by atoms with Crippen molar-refractivity contribution in [2.24, 2.45) is 5.92 Å². The highest BCUT2D eigenvalue weighted by molar-refractivity contribution is 5.41. The Bertz CT molecular complexity index is 881. The highest BCUT2D eigenvalue weighted by Crippen LogP contribution is 2.43. The molecule has 2 aliphatic rings. The molecular weight excluding hydrogens is 413 g/mol. The first kappa shape index (κ1) is 23.2. The van der Waals surface area contributed by atoms with Crippen molar-refractivity contribution >= 4 is 0 Å². The van der Waals surface area contributed by atoms with Crippen LogP contribution in [0.4, 0.5) is 13.2 Å². The lowest BCUT2D eigenvalue weighted by molar-refractivity contribution is -0.0416. The number of alkyl halides is 2. The summed E-state index contributed by atoms with van der Waals surface area (Å²) in [5, 5.41) is 0. The van der Waals surface area contributed by atoms with Gasteiger partial charge in [0.15, 0.2) is 0 Å². The molecule has 32 heavy (non-hydrogen) atoms. The highest BCUT2D eigenvalue weighted by atomic mass is 19.3. The molecule has 4 rings (SSSR count). The van der Waals surface area contributed by atoms with E-state index in [0.717, 1.165) is 25.7 Å². The van der Waals surface area contributed by atoms with Gasteiger partial charge in [0.05, 0.1) is 24.9 Å². The van der Waals surface area contributed by atoms with Gasteiger partial charge in [0.2, 0.25) is 0 Å². The fourth-order valence-electron chi connectivity index (χ4n) is 5.44. The van der Waals surface area contributed by atoms with Crippen molar-refractivity contribution < 1.29 is 22.6 Å². The third-order valence-electron chi connectivity index (χ3n) is 7.29. The smallest absolute Gasteiger partial charge is 0.270 e. The minimum absolute atomic E-state index is 0.0660. The molecule has 2 fully saturated rings. The fraction of sp³-hybridized carbons (Fsp3) is 0.556. The normalized spacial score (nSPS) is 26.3. The Kier molecular flexibility index (Phi) is 7.44. The van der Waals surface area contributed by atoms with Gasteiger partial charge in [-0.05, 0) is 81.4 Å². The van der Waals surface area contributed by atoms with Gasteiger partial charge < -0.3 is 9.47 Å². The first-order valence-corrected chi connectivity index (χ1v) is 11.9. The van der Waals surface area contributed by atoms with Crippen LogP contribution in [0.25, 0.3) is 0 Å². The Morgan fingerprint density at radius 2 is 1.62 bits per heavy atom. The average molecular weight is 447 g/mol. The fourth-order valence-corrected chi connectivity index (χ4v) is 5.44. The number of aryl methyl sites for hydroxylation is 1. The van der Waals surface area contributed by atoms with Crippen LogP contribution in [0, 0.1) is 18.7 Å². The zero-order valence-electron chi connectivity index (χ0n) is 19.0. The minimum atomic E-state index is -2.91. The van der Waals surface area contributed by atoms with E-state index in [0.29, 0.717) is 24.0 Å². The molecule has 0 amide bonds. The lowest BCUT2D eigenvalue weighted by Crippen LogP contribution is -2.33. The van der Waals surface area contributed by atoms with E-state index in [-0.39, 0.29) is 24.4 Å². The van der Waals surface area contributed by atoms with Gasteiger partial charge in [-0.3, -0.25) is 0 Å². The predicted octanol–water partition coefficient (Wildman–Crippen LogP) is 7.71. The van der Waals surface area contributed by atoms with Gasteiger partial charge in [0.1, 0.15) is 11.6 Å². The van der Waals surface area contributed by atoms with E-state index in [4.69, 9.17) is 9.47 Å². The monoisotopic (exact) mass is 446 g/mol. The Balaban J connectivity index is 1.35. The molecule has 2 atom stereocenters. The van der Waals surface area contributed by atoms with Crippen LogP contribution in [0.3, 0.4) is 0 Å². The van der Waals surface area contributed by atoms with E-state index in [1.165, 1.54) is 30.0 Å². The number of ether oxygens (including phenoxy) is 2. The zero-order chi connectivity index (χ0) is 22.7. The average Bonchev–Trinajstić information content (AvgIpc) is 2.80. The van der Waals surface area contributed by atoms with Gasteiger partial charge >= 0.3 is 0 Å². The van der Waals surface area contributed by atoms with E-state index in [1.807, 2.05) is 0 Å². The second-order valence-electron chi connectivity index (χ2n) is 9.28. The summed E-state index contributed by atoms with van der Waals surface area (Å²) >= 11 is 0. The molecule has 1 aliphatic heterocycles. The number of rotatable bonds is 6. The van der Waals surface area contributed by atoms with Crippen LogP contribution in [0.1, 0.15) is 86.0 Å². The molecule has 5 heteroatoms. The van der Waals surface area contributed by atoms with Crippen molar-refractivity contribution in [3.8, 4) is 5.75 Å². The van der Waals surface area contributed by atoms with Gasteiger partial charge in [-0.1, -0.05) is 35.9 Å². The van der Waals surface area contributed by atoms with Gasteiger partial charge in [0.25, 0.3) is 6.43 Å². The lowest BCUT2D eigenvalue weighted by Gasteiger charge is -2.38. The van der Waals surface area contributed by atoms with Gasteiger partial charge in [-0.15, -0.1) is 0 Å². The summed E-state index contributed by atoms with van der Waals surface area (Å²) in [6, 6.07) is 11.9. The van der Waals surface area contributed by atoms with E-state index in [9.17, 15) is 13.2 Å². The molecule has 1 heterocycles. The van der Waals surface area contributed by atoms with E-state index >= 15 is 0 Å². The second kappa shape index (κ2) is 10.3. The van der Waals surface area contributed by atoms with Crippen molar-refractivity contribution in [3.63, 3.8) is 0 Å². The Morgan fingerprint density at radius 3 is 2.22 bits per heavy atom. The summed E-state index contributed by atoms with van der Waals surface area (Å²) in [5.74, 6) is 0.0528. The summed E-state index contributed by atoms with van der Waals surface area (Å²) < 4.78 is 53.3. The molecule has 1 saturated heterocycles. The Hall–Kier alpha value is -2.01. The SMILES string of the molecule is CCOc1ccc(C2CCC(C3CCC(c4ccc(C)cc4)CC3)OC2)c(F)c1C(F)F. The summed E-state index contributed by atoms with van der Waals surface area (Å²) in [5.41, 5.74) is 2.42. The van der Waals surface area contributed by atoms with Gasteiger partial charge in [0, 0.05) is 5.92 Å². The van der Waals surface area contributed by atoms with Crippen molar-refractivity contribution in [1.29, 1.82) is 0 Å². The van der Waals surface area contributed by atoms with E-state index in [2.05, 4.69) is 31.2 Å². The van der Waals surface area contributed by atoms with Crippen LogP contribution in [-0.2, 0) is 4.74 Å². The summed E-state index contributed by atoms with van der Waals surface area (Å²) in [7, 11) is 0. The van der Waals surface area contributed by atoms with Crippen molar-refractivity contribution in [2.75, 3.05) is 13.2 Å². The molecular formula is C27H33F3O2. The molecule has 2 nitrogen and oxygen atoms in total. The Morgan fingerprint density at radius 1 is 0.938 bits per heavy atom. The standard InChI is InChI=1S/C27H33F3O2/c1-3-31-24-15-13-22(26(28)25(24)27(29)30)21-12-14-23(32-16-21)20-10-8-19(9-11-20)18-6-4-17(2)5-7-18/h4-7,13,15,19-21,23,27H,3,8-12,14,16H2,1-2H3. The third-order valence-corrected chi connectivity index (χ3v) is 7.29. The molecule has 1 saturated carbocycles. The maximum absolute atomic E-state index is 15.0. The molecule has 0 radical (unpaired) electrons. The number of benzene rings is 2. The van der Waals surface area contributed by atoms with Crippen molar-refractivity contribution in [3.05, 3.63) is 64.5 Å². The van der Waals surface area contributed by atoms with Crippen LogP contribution in [-0.4, -0.2) is 19.3 Å². The molecule has 0 spiro atoms. The first-order valence-electron chi connectivity index (χ1n) is 11.9. The summed E-state index contributed by atoms with van der Waals surface area (Å²) in [6.45, 7) is 4.42. The van der Waals surface area contributed by atoms with Gasteiger partial charge in [-0.2, -0.15) is 0 Å². The largest absolute Gasteiger partial charge is 0.493 e. The van der Waals surface area contributed by atoms with Crippen molar-refractivity contribution in [1.82, 2.24) is 0 Å². The van der Waals surface area contributed by atoms with Crippen LogP contribution in [0.2, 0.25) is 0 Å². The van der Waals surface area contributed by atoms with E-state index in [1.54, 1.807) is 13.0 Å². The molecule has 0 aromatic heterocycles. The molecule has 2 unspecified atom stereocenters. The zero-order valence-corrected chi connectivity index (χ0v) is 19.0. The second-order valence-corrected chi connectivity index (χ2v) is 9.28. The maximum Gasteiger partial charge on any atom is 0.270 e. The van der Waals surface area contributed by atoms with Crippen LogP contribution in [0.15, 0.2) is 36.4 Å². The molecule has 174 valence electrons. The van der Waals surface area contributed by atoms with Crippen LogP contribution in [0.5, 0.6) is 5.75 Å². The summed E-state index contributed by atoms with van der Waals surface area (Å²) in [6.07, 6.45) is 3.51. The number of halogens is 3. The minimum Gasteiger partial charge on any atom is -0.493 e. The maximum atomic E-state index is 15.0.